The van der Waals surface area contributed by atoms with Gasteiger partial charge in [0, 0.05) is 24.2 Å². The van der Waals surface area contributed by atoms with Gasteiger partial charge in [-0.1, -0.05) is 0 Å². The fraction of sp³-hybridized carbons (Fsp3) is 1.00. The minimum Gasteiger partial charge on any atom is -0.307 e. The van der Waals surface area contributed by atoms with E-state index in [1.807, 2.05) is 0 Å². The van der Waals surface area contributed by atoms with Crippen LogP contribution in [0.25, 0.3) is 0 Å². The van der Waals surface area contributed by atoms with Crippen molar-refractivity contribution < 1.29 is 0 Å². The second-order valence-electron chi connectivity index (χ2n) is 5.28. The predicted molar refractivity (Wildman–Crippen MR) is 55.9 cm³/mol. The molecule has 1 N–H and O–H groups in total. The first-order valence-electron chi connectivity index (χ1n) is 5.61. The highest BCUT2D eigenvalue weighted by molar-refractivity contribution is 5.01. The number of nitrogens with zero attached hydrogens (tertiary/aromatic N) is 1. The van der Waals surface area contributed by atoms with Crippen molar-refractivity contribution in [2.45, 2.75) is 57.7 Å². The highest BCUT2D eigenvalue weighted by atomic mass is 15.2. The molecule has 0 aromatic heterocycles. The Labute approximate surface area is 81.7 Å². The van der Waals surface area contributed by atoms with Gasteiger partial charge >= 0.3 is 0 Å². The molecular formula is C11H22N2. The van der Waals surface area contributed by atoms with Gasteiger partial charge in [0.05, 0.1) is 0 Å². The van der Waals surface area contributed by atoms with Gasteiger partial charge in [-0.15, -0.1) is 0 Å². The molecule has 0 amide bonds. The third kappa shape index (κ3) is 2.23. The van der Waals surface area contributed by atoms with Crippen molar-refractivity contribution in [1.82, 2.24) is 10.2 Å². The average molecular weight is 182 g/mol. The molecule has 1 aliphatic carbocycles. The van der Waals surface area contributed by atoms with Gasteiger partial charge in [0.25, 0.3) is 0 Å². The maximum Gasteiger partial charge on any atom is 0.0212 e. The molecule has 1 saturated heterocycles. The maximum atomic E-state index is 3.77. The molecule has 0 radical (unpaired) electrons. The SMILES string of the molecule is CC(C)N1CC[C@@H](NC2(C)CC2)C1. The molecule has 2 heteroatoms. The average Bonchev–Trinajstić information content (AvgIpc) is 2.62. The molecule has 76 valence electrons. The number of likely N-dealkylation sites (tertiary alicyclic amines) is 1. The van der Waals surface area contributed by atoms with Crippen molar-refractivity contribution in [2.24, 2.45) is 0 Å². The Kier molecular flexibility index (Phi) is 2.37. The first-order valence-corrected chi connectivity index (χ1v) is 5.61. The molecule has 0 unspecified atom stereocenters. The summed E-state index contributed by atoms with van der Waals surface area (Å²) in [7, 11) is 0. The monoisotopic (exact) mass is 182 g/mol. The zero-order valence-corrected chi connectivity index (χ0v) is 9.14. The van der Waals surface area contributed by atoms with Gasteiger partial charge in [0.2, 0.25) is 0 Å². The normalized spacial score (nSPS) is 32.8. The number of nitrogens with one attached hydrogen (secondary N) is 1. The van der Waals surface area contributed by atoms with Crippen molar-refractivity contribution in [3.63, 3.8) is 0 Å². The third-order valence-electron chi connectivity index (χ3n) is 3.50. The molecule has 0 aromatic rings. The molecular weight excluding hydrogens is 160 g/mol. The summed E-state index contributed by atoms with van der Waals surface area (Å²) in [5.74, 6) is 0. The Morgan fingerprint density at radius 1 is 1.38 bits per heavy atom. The summed E-state index contributed by atoms with van der Waals surface area (Å²) in [6.45, 7) is 9.48. The summed E-state index contributed by atoms with van der Waals surface area (Å²) in [5, 5.41) is 3.77. The van der Waals surface area contributed by atoms with Crippen LogP contribution in [-0.4, -0.2) is 35.6 Å². The second kappa shape index (κ2) is 3.25. The fourth-order valence-electron chi connectivity index (χ4n) is 2.20. The summed E-state index contributed by atoms with van der Waals surface area (Å²) >= 11 is 0. The molecule has 0 bridgehead atoms. The molecule has 1 heterocycles. The molecule has 13 heavy (non-hydrogen) atoms. The molecule has 2 nitrogen and oxygen atoms in total. The van der Waals surface area contributed by atoms with Gasteiger partial charge in [-0.05, 0) is 46.6 Å². The van der Waals surface area contributed by atoms with Crippen LogP contribution in [-0.2, 0) is 0 Å². The summed E-state index contributed by atoms with van der Waals surface area (Å²) in [4.78, 5) is 2.57. The quantitative estimate of drug-likeness (QED) is 0.713. The van der Waals surface area contributed by atoms with Crippen LogP contribution in [0.5, 0.6) is 0 Å². The first-order chi connectivity index (χ1) is 6.09. The maximum absolute atomic E-state index is 3.77. The molecule has 1 saturated carbocycles. The molecule has 0 aromatic carbocycles. The summed E-state index contributed by atoms with van der Waals surface area (Å²) in [6, 6.07) is 1.48. The van der Waals surface area contributed by atoms with Crippen LogP contribution in [0.1, 0.15) is 40.0 Å². The Morgan fingerprint density at radius 2 is 2.08 bits per heavy atom. The van der Waals surface area contributed by atoms with E-state index in [4.69, 9.17) is 0 Å². The van der Waals surface area contributed by atoms with Gasteiger partial charge in [-0.2, -0.15) is 0 Å². The minimum atomic E-state index is 0.512. The molecule has 1 atom stereocenters. The molecule has 1 aliphatic heterocycles. The van der Waals surface area contributed by atoms with Gasteiger partial charge < -0.3 is 5.32 Å². The molecule has 0 spiro atoms. The standard InChI is InChI=1S/C11H22N2/c1-9(2)13-7-4-10(8-13)12-11(3)5-6-11/h9-10,12H,4-8H2,1-3H3/t10-/m1/s1. The lowest BCUT2D eigenvalue weighted by molar-refractivity contribution is 0.265. The van der Waals surface area contributed by atoms with Gasteiger partial charge in [-0.3, -0.25) is 4.90 Å². The van der Waals surface area contributed by atoms with E-state index in [0.717, 1.165) is 12.1 Å². The van der Waals surface area contributed by atoms with E-state index >= 15 is 0 Å². The van der Waals surface area contributed by atoms with E-state index in [-0.39, 0.29) is 0 Å². The van der Waals surface area contributed by atoms with Crippen LogP contribution >= 0.6 is 0 Å². The van der Waals surface area contributed by atoms with Crippen LogP contribution in [0.4, 0.5) is 0 Å². The number of hydrogen-bond donors (Lipinski definition) is 1. The van der Waals surface area contributed by atoms with E-state index in [1.165, 1.54) is 32.4 Å². The van der Waals surface area contributed by atoms with Crippen LogP contribution in [0.15, 0.2) is 0 Å². The zero-order valence-electron chi connectivity index (χ0n) is 9.14. The van der Waals surface area contributed by atoms with E-state index in [2.05, 4.69) is 31.0 Å². The van der Waals surface area contributed by atoms with Crippen molar-refractivity contribution in [1.29, 1.82) is 0 Å². The largest absolute Gasteiger partial charge is 0.307 e. The first kappa shape index (κ1) is 9.47. The summed E-state index contributed by atoms with van der Waals surface area (Å²) in [6.07, 6.45) is 4.10. The lowest BCUT2D eigenvalue weighted by Gasteiger charge is -2.22. The van der Waals surface area contributed by atoms with Gasteiger partial charge in [0.1, 0.15) is 0 Å². The minimum absolute atomic E-state index is 0.512. The van der Waals surface area contributed by atoms with Crippen molar-refractivity contribution in [2.75, 3.05) is 13.1 Å². The lowest BCUT2D eigenvalue weighted by atomic mass is 10.2. The Bertz CT molecular complexity index is 185. The van der Waals surface area contributed by atoms with E-state index in [9.17, 15) is 0 Å². The number of rotatable bonds is 3. The lowest BCUT2D eigenvalue weighted by Crippen LogP contribution is -2.40. The molecule has 2 rings (SSSR count). The Balaban J connectivity index is 1.78. The van der Waals surface area contributed by atoms with Crippen molar-refractivity contribution in [3.05, 3.63) is 0 Å². The Hall–Kier alpha value is -0.0800. The fourth-order valence-corrected chi connectivity index (χ4v) is 2.20. The van der Waals surface area contributed by atoms with E-state index in [0.29, 0.717) is 5.54 Å². The van der Waals surface area contributed by atoms with Crippen molar-refractivity contribution in [3.8, 4) is 0 Å². The highest BCUT2D eigenvalue weighted by Crippen LogP contribution is 2.35. The van der Waals surface area contributed by atoms with Gasteiger partial charge in [0.15, 0.2) is 0 Å². The smallest absolute Gasteiger partial charge is 0.0212 e. The van der Waals surface area contributed by atoms with Crippen LogP contribution < -0.4 is 5.32 Å². The van der Waals surface area contributed by atoms with Crippen molar-refractivity contribution >= 4 is 0 Å². The topological polar surface area (TPSA) is 15.3 Å². The van der Waals surface area contributed by atoms with E-state index in [1.54, 1.807) is 0 Å². The van der Waals surface area contributed by atoms with E-state index < -0.39 is 0 Å². The van der Waals surface area contributed by atoms with Crippen LogP contribution in [0, 0.1) is 0 Å². The summed E-state index contributed by atoms with van der Waals surface area (Å²) < 4.78 is 0. The zero-order chi connectivity index (χ0) is 9.47. The number of hydrogen-bond acceptors (Lipinski definition) is 2. The van der Waals surface area contributed by atoms with Crippen LogP contribution in [0.2, 0.25) is 0 Å². The summed E-state index contributed by atoms with van der Waals surface area (Å²) in [5.41, 5.74) is 0.512. The highest BCUT2D eigenvalue weighted by Gasteiger charge is 2.40. The van der Waals surface area contributed by atoms with Gasteiger partial charge in [-0.25, -0.2) is 0 Å². The predicted octanol–water partition coefficient (Wildman–Crippen LogP) is 1.61. The Morgan fingerprint density at radius 3 is 2.54 bits per heavy atom. The molecule has 2 aliphatic rings. The second-order valence-corrected chi connectivity index (χ2v) is 5.28. The molecule has 2 fully saturated rings. The van der Waals surface area contributed by atoms with Crippen LogP contribution in [0.3, 0.4) is 0 Å². The third-order valence-corrected chi connectivity index (χ3v) is 3.50.